The second kappa shape index (κ2) is 6.18. The van der Waals surface area contributed by atoms with Gasteiger partial charge < -0.3 is 14.7 Å². The maximum atomic E-state index is 11.7. The lowest BCUT2D eigenvalue weighted by molar-refractivity contribution is 0.227. The lowest BCUT2D eigenvalue weighted by atomic mass is 10.3. The van der Waals surface area contributed by atoms with E-state index >= 15 is 0 Å². The normalized spacial score (nSPS) is 14.7. The number of furan rings is 1. The summed E-state index contributed by atoms with van der Waals surface area (Å²) in [6.07, 6.45) is 6.89. The molecule has 2 aromatic rings. The summed E-state index contributed by atoms with van der Waals surface area (Å²) in [5, 5.41) is 0. The van der Waals surface area contributed by atoms with Crippen molar-refractivity contribution in [3.05, 3.63) is 52.8 Å². The number of rotatable bonds is 7. The predicted molar refractivity (Wildman–Crippen MR) is 81.9 cm³/mol. The molecule has 0 bridgehead atoms. The highest BCUT2D eigenvalue weighted by molar-refractivity contribution is 5.33. The van der Waals surface area contributed by atoms with Crippen LogP contribution in [0.1, 0.15) is 25.0 Å². The molecule has 1 aliphatic carbocycles. The van der Waals surface area contributed by atoms with Crippen LogP contribution >= 0.6 is 0 Å². The third-order valence-corrected chi connectivity index (χ3v) is 3.85. The highest BCUT2D eigenvalue weighted by Crippen LogP contribution is 2.28. The highest BCUT2D eigenvalue weighted by atomic mass is 16.3. The van der Waals surface area contributed by atoms with Crippen LogP contribution in [0.15, 0.2) is 45.9 Å². The fourth-order valence-corrected chi connectivity index (χ4v) is 2.60. The van der Waals surface area contributed by atoms with Crippen LogP contribution in [0.4, 0.5) is 5.69 Å². The molecule has 0 amide bonds. The van der Waals surface area contributed by atoms with Crippen LogP contribution < -0.4 is 11.3 Å². The molecular weight excluding hydrogens is 266 g/mol. The van der Waals surface area contributed by atoms with E-state index in [1.807, 2.05) is 12.1 Å². The molecule has 1 aliphatic rings. The molecular formula is C16H21N3O2. The molecule has 0 unspecified atom stereocenters. The van der Waals surface area contributed by atoms with Crippen molar-refractivity contribution in [2.24, 2.45) is 0 Å². The lowest BCUT2D eigenvalue weighted by Crippen LogP contribution is -2.28. The molecule has 2 heterocycles. The summed E-state index contributed by atoms with van der Waals surface area (Å²) >= 11 is 0. The van der Waals surface area contributed by atoms with E-state index in [2.05, 4.69) is 4.90 Å². The number of nitrogens with zero attached hydrogens (tertiary/aromatic N) is 2. The van der Waals surface area contributed by atoms with Crippen molar-refractivity contribution in [2.75, 3.05) is 12.3 Å². The molecule has 0 atom stereocenters. The minimum absolute atomic E-state index is 0.00760. The molecule has 1 fully saturated rings. The third-order valence-electron chi connectivity index (χ3n) is 3.85. The maximum Gasteiger partial charge on any atom is 0.250 e. The number of hydrogen-bond acceptors (Lipinski definition) is 4. The van der Waals surface area contributed by atoms with Gasteiger partial charge in [-0.05, 0) is 37.5 Å². The van der Waals surface area contributed by atoms with Crippen molar-refractivity contribution < 1.29 is 4.42 Å². The van der Waals surface area contributed by atoms with Crippen LogP contribution in [-0.2, 0) is 13.1 Å². The minimum atomic E-state index is 0.00760. The van der Waals surface area contributed by atoms with Gasteiger partial charge in [-0.1, -0.05) is 0 Å². The second-order valence-electron chi connectivity index (χ2n) is 5.63. The second-order valence-corrected chi connectivity index (χ2v) is 5.63. The number of nitrogens with two attached hydrogens (primary N) is 1. The van der Waals surface area contributed by atoms with Crippen molar-refractivity contribution in [1.29, 1.82) is 0 Å². The molecule has 0 spiro atoms. The average Bonchev–Trinajstić information content (AvgIpc) is 3.19. The van der Waals surface area contributed by atoms with Gasteiger partial charge in [0.1, 0.15) is 5.76 Å². The maximum absolute atomic E-state index is 11.7. The van der Waals surface area contributed by atoms with Gasteiger partial charge in [-0.2, -0.15) is 0 Å². The molecule has 2 N–H and O–H groups in total. The molecule has 1 saturated carbocycles. The van der Waals surface area contributed by atoms with Gasteiger partial charge in [-0.15, -0.1) is 0 Å². The molecule has 0 aromatic carbocycles. The number of nitrogen functional groups attached to an aromatic ring is 1. The van der Waals surface area contributed by atoms with E-state index in [1.54, 1.807) is 23.1 Å². The first-order chi connectivity index (χ1) is 10.2. The third kappa shape index (κ3) is 3.76. The summed E-state index contributed by atoms with van der Waals surface area (Å²) in [5.41, 5.74) is 6.36. The van der Waals surface area contributed by atoms with Crippen LogP contribution in [-0.4, -0.2) is 22.1 Å². The van der Waals surface area contributed by atoms with E-state index in [1.165, 1.54) is 18.9 Å². The first-order valence-corrected chi connectivity index (χ1v) is 7.45. The predicted octanol–water partition coefficient (Wildman–Crippen LogP) is 2.08. The summed E-state index contributed by atoms with van der Waals surface area (Å²) in [6.45, 7) is 2.52. The molecule has 112 valence electrons. The summed E-state index contributed by atoms with van der Waals surface area (Å²) in [5.74, 6) is 1.00. The van der Waals surface area contributed by atoms with E-state index in [0.717, 1.165) is 25.3 Å². The van der Waals surface area contributed by atoms with Crippen molar-refractivity contribution in [3.63, 3.8) is 0 Å². The largest absolute Gasteiger partial charge is 0.468 e. The Hall–Kier alpha value is -2.01. The fourth-order valence-electron chi connectivity index (χ4n) is 2.60. The van der Waals surface area contributed by atoms with Crippen LogP contribution in [0.2, 0.25) is 0 Å². The zero-order valence-corrected chi connectivity index (χ0v) is 12.1. The number of anilines is 1. The lowest BCUT2D eigenvalue weighted by Gasteiger charge is -2.20. The Balaban J connectivity index is 1.55. The van der Waals surface area contributed by atoms with Crippen LogP contribution in [0.25, 0.3) is 0 Å². The highest BCUT2D eigenvalue weighted by Gasteiger charge is 2.28. The van der Waals surface area contributed by atoms with Gasteiger partial charge in [-0.25, -0.2) is 0 Å². The molecule has 5 heteroatoms. The minimum Gasteiger partial charge on any atom is -0.468 e. The zero-order chi connectivity index (χ0) is 14.7. The zero-order valence-electron chi connectivity index (χ0n) is 12.1. The SMILES string of the molecule is Nc1ccc(=O)n(CCCN(Cc2ccco2)C2CC2)c1. The molecule has 2 aromatic heterocycles. The van der Waals surface area contributed by atoms with Gasteiger partial charge in [0.25, 0.3) is 5.56 Å². The molecule has 0 aliphatic heterocycles. The van der Waals surface area contributed by atoms with Crippen LogP contribution in [0, 0.1) is 0 Å². The Bertz CT molecular complexity index is 629. The first kappa shape index (κ1) is 13.9. The van der Waals surface area contributed by atoms with Gasteiger partial charge in [-0.3, -0.25) is 9.69 Å². The molecule has 5 nitrogen and oxygen atoms in total. The topological polar surface area (TPSA) is 64.4 Å². The van der Waals surface area contributed by atoms with Crippen molar-refractivity contribution in [1.82, 2.24) is 9.47 Å². The van der Waals surface area contributed by atoms with Crippen LogP contribution in [0.5, 0.6) is 0 Å². The van der Waals surface area contributed by atoms with Crippen molar-refractivity contribution in [2.45, 2.75) is 38.4 Å². The van der Waals surface area contributed by atoms with Gasteiger partial charge in [0.05, 0.1) is 12.8 Å². The summed E-state index contributed by atoms with van der Waals surface area (Å²) in [7, 11) is 0. The Morgan fingerprint density at radius 3 is 2.90 bits per heavy atom. The smallest absolute Gasteiger partial charge is 0.250 e. The first-order valence-electron chi connectivity index (χ1n) is 7.45. The quantitative estimate of drug-likeness (QED) is 0.847. The molecule has 0 radical (unpaired) electrons. The fraction of sp³-hybridized carbons (Fsp3) is 0.438. The summed E-state index contributed by atoms with van der Waals surface area (Å²) < 4.78 is 7.12. The molecule has 21 heavy (non-hydrogen) atoms. The average molecular weight is 287 g/mol. The van der Waals surface area contributed by atoms with E-state index < -0.39 is 0 Å². The van der Waals surface area contributed by atoms with Gasteiger partial charge >= 0.3 is 0 Å². The van der Waals surface area contributed by atoms with Crippen molar-refractivity contribution >= 4 is 5.69 Å². The van der Waals surface area contributed by atoms with Gasteiger partial charge in [0.15, 0.2) is 0 Å². The number of hydrogen-bond donors (Lipinski definition) is 1. The molecule has 3 rings (SSSR count). The van der Waals surface area contributed by atoms with E-state index in [4.69, 9.17) is 10.2 Å². The van der Waals surface area contributed by atoms with E-state index in [0.29, 0.717) is 18.3 Å². The standard InChI is InChI=1S/C16H21N3O2/c17-13-4-7-16(20)19(11-13)9-2-8-18(14-5-6-14)12-15-3-1-10-21-15/h1,3-4,7,10-11,14H,2,5-6,8-9,12,17H2. The number of pyridine rings is 1. The van der Waals surface area contributed by atoms with Crippen LogP contribution in [0.3, 0.4) is 0 Å². The van der Waals surface area contributed by atoms with E-state index in [-0.39, 0.29) is 5.56 Å². The Kier molecular flexibility index (Phi) is 4.10. The van der Waals surface area contributed by atoms with Crippen molar-refractivity contribution in [3.8, 4) is 0 Å². The number of aromatic nitrogens is 1. The Morgan fingerprint density at radius 1 is 1.33 bits per heavy atom. The summed E-state index contributed by atoms with van der Waals surface area (Å²) in [6, 6.07) is 7.78. The monoisotopic (exact) mass is 287 g/mol. The molecule has 0 saturated heterocycles. The van der Waals surface area contributed by atoms with E-state index in [9.17, 15) is 4.79 Å². The summed E-state index contributed by atoms with van der Waals surface area (Å²) in [4.78, 5) is 14.2. The number of aryl methyl sites for hydroxylation is 1. The van der Waals surface area contributed by atoms with Gasteiger partial charge in [0, 0.05) is 37.1 Å². The Morgan fingerprint density at radius 2 is 2.19 bits per heavy atom. The Labute approximate surface area is 124 Å². The van der Waals surface area contributed by atoms with Gasteiger partial charge in [0.2, 0.25) is 0 Å².